The highest BCUT2D eigenvalue weighted by Gasteiger charge is 2.20. The maximum absolute atomic E-state index is 12.4. The summed E-state index contributed by atoms with van der Waals surface area (Å²) >= 11 is 0. The standard InChI is InChI=1S/C50H101NO3/c1-3-5-7-9-11-13-15-17-19-20-21-22-23-24-25-26-27-28-29-30-32-33-35-37-39-41-43-45-49(53)48(47-52)51-50(54)46-44-42-40-38-36-34-31-18-16-14-12-10-8-6-4-2/h48-49,52-53H,3-47H2,1-2H3,(H,51,54). The molecule has 0 radical (unpaired) electrons. The predicted octanol–water partition coefficient (Wildman–Crippen LogP) is 16.0. The van der Waals surface area contributed by atoms with Crippen LogP contribution in [0.15, 0.2) is 0 Å². The molecule has 0 aromatic rings. The quantitative estimate of drug-likeness (QED) is 0.0541. The Kier molecular flexibility index (Phi) is 46.2. The third-order valence-electron chi connectivity index (χ3n) is 12.1. The predicted molar refractivity (Wildman–Crippen MR) is 240 cm³/mol. The van der Waals surface area contributed by atoms with Crippen molar-refractivity contribution in [3.8, 4) is 0 Å². The number of aliphatic hydroxyl groups excluding tert-OH is 2. The zero-order valence-electron chi connectivity index (χ0n) is 37.3. The lowest BCUT2D eigenvalue weighted by molar-refractivity contribution is -0.123. The van der Waals surface area contributed by atoms with Crippen LogP contribution in [-0.4, -0.2) is 34.9 Å². The second-order valence-corrected chi connectivity index (χ2v) is 17.6. The molecule has 0 aliphatic heterocycles. The molecule has 2 unspecified atom stereocenters. The molecule has 0 rings (SSSR count). The second kappa shape index (κ2) is 46.8. The van der Waals surface area contributed by atoms with Crippen LogP contribution in [0.4, 0.5) is 0 Å². The zero-order chi connectivity index (χ0) is 39.3. The SMILES string of the molecule is CCCCCCCCCCCCCCCCCCCCCCCCCCCCCC(O)C(CO)NC(=O)CCCCCCCCCCCCCCCCC. The number of aliphatic hydroxyl groups is 2. The van der Waals surface area contributed by atoms with Crippen molar-refractivity contribution in [2.45, 2.75) is 309 Å². The van der Waals surface area contributed by atoms with Gasteiger partial charge in [0.15, 0.2) is 0 Å². The first-order valence-electron chi connectivity index (χ1n) is 25.2. The van der Waals surface area contributed by atoms with Gasteiger partial charge >= 0.3 is 0 Å². The molecule has 0 fully saturated rings. The molecule has 3 N–H and O–H groups in total. The van der Waals surface area contributed by atoms with Crippen LogP contribution in [0.3, 0.4) is 0 Å². The highest BCUT2D eigenvalue weighted by Crippen LogP contribution is 2.18. The smallest absolute Gasteiger partial charge is 0.220 e. The maximum Gasteiger partial charge on any atom is 0.220 e. The summed E-state index contributed by atoms with van der Waals surface area (Å²) in [5.74, 6) is -0.0250. The van der Waals surface area contributed by atoms with Gasteiger partial charge in [-0.2, -0.15) is 0 Å². The zero-order valence-corrected chi connectivity index (χ0v) is 37.3. The van der Waals surface area contributed by atoms with E-state index >= 15 is 0 Å². The van der Waals surface area contributed by atoms with E-state index in [0.717, 1.165) is 25.7 Å². The second-order valence-electron chi connectivity index (χ2n) is 17.6. The van der Waals surface area contributed by atoms with E-state index in [2.05, 4.69) is 19.2 Å². The Morgan fingerprint density at radius 1 is 0.370 bits per heavy atom. The Morgan fingerprint density at radius 2 is 0.593 bits per heavy atom. The van der Waals surface area contributed by atoms with Crippen molar-refractivity contribution in [2.75, 3.05) is 6.61 Å². The minimum atomic E-state index is -0.653. The van der Waals surface area contributed by atoms with Gasteiger partial charge in [0.1, 0.15) is 0 Å². The number of unbranched alkanes of at least 4 members (excludes halogenated alkanes) is 40. The van der Waals surface area contributed by atoms with Gasteiger partial charge in [0.25, 0.3) is 0 Å². The van der Waals surface area contributed by atoms with Crippen molar-refractivity contribution in [2.24, 2.45) is 0 Å². The van der Waals surface area contributed by atoms with Crippen molar-refractivity contribution in [3.63, 3.8) is 0 Å². The molecular formula is C50H101NO3. The Balaban J connectivity index is 3.40. The fourth-order valence-electron chi connectivity index (χ4n) is 8.25. The van der Waals surface area contributed by atoms with Gasteiger partial charge in [-0.15, -0.1) is 0 Å². The van der Waals surface area contributed by atoms with Gasteiger partial charge in [-0.3, -0.25) is 4.79 Å². The van der Waals surface area contributed by atoms with Gasteiger partial charge in [0.2, 0.25) is 5.91 Å². The number of carbonyl (C=O) groups excluding carboxylic acids is 1. The lowest BCUT2D eigenvalue weighted by atomic mass is 10.0. The third-order valence-corrected chi connectivity index (χ3v) is 12.1. The maximum atomic E-state index is 12.4. The van der Waals surface area contributed by atoms with Crippen LogP contribution >= 0.6 is 0 Å². The molecule has 0 aliphatic carbocycles. The molecule has 0 aliphatic rings. The molecular weight excluding hydrogens is 663 g/mol. The lowest BCUT2D eigenvalue weighted by Gasteiger charge is -2.22. The molecule has 0 heterocycles. The molecule has 0 bridgehead atoms. The molecule has 2 atom stereocenters. The fraction of sp³-hybridized carbons (Fsp3) is 0.980. The van der Waals surface area contributed by atoms with E-state index < -0.39 is 12.1 Å². The summed E-state index contributed by atoms with van der Waals surface area (Å²) < 4.78 is 0. The summed E-state index contributed by atoms with van der Waals surface area (Å²) in [7, 11) is 0. The summed E-state index contributed by atoms with van der Waals surface area (Å²) in [6.07, 6.45) is 57.8. The first kappa shape index (κ1) is 53.4. The van der Waals surface area contributed by atoms with Gasteiger partial charge in [0, 0.05) is 6.42 Å². The Labute approximate surface area is 340 Å². The number of nitrogens with one attached hydrogen (secondary N) is 1. The van der Waals surface area contributed by atoms with Crippen molar-refractivity contribution >= 4 is 5.91 Å². The minimum absolute atomic E-state index is 0.0250. The van der Waals surface area contributed by atoms with E-state index in [4.69, 9.17) is 0 Å². The van der Waals surface area contributed by atoms with Crippen LogP contribution in [0, 0.1) is 0 Å². The van der Waals surface area contributed by atoms with Gasteiger partial charge in [-0.25, -0.2) is 0 Å². The van der Waals surface area contributed by atoms with E-state index in [1.54, 1.807) is 0 Å². The van der Waals surface area contributed by atoms with Gasteiger partial charge in [-0.05, 0) is 12.8 Å². The van der Waals surface area contributed by atoms with Crippen LogP contribution in [0.5, 0.6) is 0 Å². The van der Waals surface area contributed by atoms with Crippen molar-refractivity contribution in [3.05, 3.63) is 0 Å². The number of rotatable bonds is 47. The Hall–Kier alpha value is -0.610. The average Bonchev–Trinajstić information content (AvgIpc) is 3.18. The van der Waals surface area contributed by atoms with Gasteiger partial charge in [0.05, 0.1) is 18.8 Å². The molecule has 0 saturated carbocycles. The molecule has 4 heteroatoms. The highest BCUT2D eigenvalue weighted by molar-refractivity contribution is 5.76. The Morgan fingerprint density at radius 3 is 0.833 bits per heavy atom. The third kappa shape index (κ3) is 42.5. The summed E-state index contributed by atoms with van der Waals surface area (Å²) in [4.78, 5) is 12.4. The van der Waals surface area contributed by atoms with Crippen LogP contribution in [0.25, 0.3) is 0 Å². The number of hydrogen-bond acceptors (Lipinski definition) is 3. The van der Waals surface area contributed by atoms with E-state index in [0.29, 0.717) is 12.8 Å². The molecule has 0 aromatic heterocycles. The minimum Gasteiger partial charge on any atom is -0.394 e. The van der Waals surface area contributed by atoms with E-state index in [1.165, 1.54) is 244 Å². The molecule has 4 nitrogen and oxygen atoms in total. The van der Waals surface area contributed by atoms with Gasteiger partial charge in [-0.1, -0.05) is 277 Å². The molecule has 1 amide bonds. The molecule has 0 aromatic carbocycles. The average molecular weight is 764 g/mol. The first-order valence-corrected chi connectivity index (χ1v) is 25.2. The normalized spacial score (nSPS) is 12.7. The molecule has 324 valence electrons. The molecule has 54 heavy (non-hydrogen) atoms. The van der Waals surface area contributed by atoms with Crippen LogP contribution in [-0.2, 0) is 4.79 Å². The van der Waals surface area contributed by atoms with E-state index in [-0.39, 0.29) is 12.5 Å². The van der Waals surface area contributed by atoms with E-state index in [1.807, 2.05) is 0 Å². The van der Waals surface area contributed by atoms with E-state index in [9.17, 15) is 15.0 Å². The van der Waals surface area contributed by atoms with Crippen LogP contribution in [0.2, 0.25) is 0 Å². The summed E-state index contributed by atoms with van der Waals surface area (Å²) in [6, 6.07) is -0.530. The lowest BCUT2D eigenvalue weighted by Crippen LogP contribution is -2.45. The summed E-state index contributed by atoms with van der Waals surface area (Å²) in [5, 5.41) is 23.3. The highest BCUT2D eigenvalue weighted by atomic mass is 16.3. The summed E-state index contributed by atoms with van der Waals surface area (Å²) in [6.45, 7) is 4.39. The Bertz CT molecular complexity index is 699. The van der Waals surface area contributed by atoms with Crippen LogP contribution < -0.4 is 5.32 Å². The molecule has 0 saturated heterocycles. The van der Waals surface area contributed by atoms with Crippen molar-refractivity contribution < 1.29 is 15.0 Å². The fourth-order valence-corrected chi connectivity index (χ4v) is 8.25. The van der Waals surface area contributed by atoms with Crippen LogP contribution in [0.1, 0.15) is 296 Å². The largest absolute Gasteiger partial charge is 0.394 e. The summed E-state index contributed by atoms with van der Waals surface area (Å²) in [5.41, 5.74) is 0. The monoisotopic (exact) mass is 764 g/mol. The number of carbonyl (C=O) groups is 1. The number of hydrogen-bond donors (Lipinski definition) is 3. The molecule has 0 spiro atoms. The van der Waals surface area contributed by atoms with Gasteiger partial charge < -0.3 is 15.5 Å². The topological polar surface area (TPSA) is 69.6 Å². The first-order chi connectivity index (χ1) is 26.7. The van der Waals surface area contributed by atoms with Crippen molar-refractivity contribution in [1.29, 1.82) is 0 Å². The van der Waals surface area contributed by atoms with Crippen molar-refractivity contribution in [1.82, 2.24) is 5.32 Å². The number of amides is 1.